The second-order valence-corrected chi connectivity index (χ2v) is 4.69. The number of amides is 1. The van der Waals surface area contributed by atoms with E-state index in [0.717, 1.165) is 12.8 Å². The molecule has 0 spiro atoms. The summed E-state index contributed by atoms with van der Waals surface area (Å²) in [5.41, 5.74) is 6.22. The minimum atomic E-state index is -0.515. The van der Waals surface area contributed by atoms with Crippen LogP contribution in [0.1, 0.15) is 23.2 Å². The third-order valence-corrected chi connectivity index (χ3v) is 3.20. The molecule has 1 amide bonds. The Bertz CT molecular complexity index is 442. The van der Waals surface area contributed by atoms with Crippen molar-refractivity contribution in [3.63, 3.8) is 0 Å². The summed E-state index contributed by atoms with van der Waals surface area (Å²) in [5, 5.41) is -0.0304. The first-order chi connectivity index (χ1) is 8.08. The number of piperidine rings is 1. The first-order valence-corrected chi connectivity index (χ1v) is 5.95. The van der Waals surface area contributed by atoms with Crippen LogP contribution in [0.25, 0.3) is 0 Å². The summed E-state index contributed by atoms with van der Waals surface area (Å²) in [5.74, 6) is -0.652. The maximum absolute atomic E-state index is 13.0. The Balaban J connectivity index is 0.00000162. The standard InChI is InChI=1S/C12H14ClFN2O.ClH/c13-10-6-8(3-4-11(10)14)12(17)16-5-1-2-9(15)7-16;/h3-4,6,9H,1-2,5,7,15H2;1H/t9-;/m1./s1. The Kier molecular flexibility index (Phi) is 5.38. The number of rotatable bonds is 1. The molecule has 100 valence electrons. The zero-order valence-electron chi connectivity index (χ0n) is 9.73. The first kappa shape index (κ1) is 15.2. The Morgan fingerprint density at radius 2 is 2.22 bits per heavy atom. The fourth-order valence-electron chi connectivity index (χ4n) is 2.01. The summed E-state index contributed by atoms with van der Waals surface area (Å²) in [4.78, 5) is 13.8. The normalized spacial score (nSPS) is 19.3. The largest absolute Gasteiger partial charge is 0.337 e. The average molecular weight is 293 g/mol. The van der Waals surface area contributed by atoms with Gasteiger partial charge in [0.1, 0.15) is 5.82 Å². The van der Waals surface area contributed by atoms with E-state index in [4.69, 9.17) is 17.3 Å². The molecule has 0 unspecified atom stereocenters. The molecule has 1 aromatic rings. The number of hydrogen-bond acceptors (Lipinski definition) is 2. The van der Waals surface area contributed by atoms with Gasteiger partial charge in [-0.25, -0.2) is 4.39 Å². The van der Waals surface area contributed by atoms with Gasteiger partial charge in [0.05, 0.1) is 5.02 Å². The smallest absolute Gasteiger partial charge is 0.253 e. The molecule has 1 aromatic carbocycles. The molecule has 0 aliphatic carbocycles. The molecule has 0 bridgehead atoms. The predicted molar refractivity (Wildman–Crippen MR) is 71.8 cm³/mol. The molecule has 0 aromatic heterocycles. The number of benzene rings is 1. The van der Waals surface area contributed by atoms with Crippen LogP contribution in [0.2, 0.25) is 5.02 Å². The minimum Gasteiger partial charge on any atom is -0.337 e. The van der Waals surface area contributed by atoms with Gasteiger partial charge in [0.25, 0.3) is 5.91 Å². The van der Waals surface area contributed by atoms with E-state index in [2.05, 4.69) is 0 Å². The lowest BCUT2D eigenvalue weighted by Crippen LogP contribution is -2.45. The van der Waals surface area contributed by atoms with Gasteiger partial charge in [-0.2, -0.15) is 0 Å². The number of likely N-dealkylation sites (tertiary alicyclic amines) is 1. The third kappa shape index (κ3) is 3.34. The molecule has 1 aliphatic heterocycles. The number of carbonyl (C=O) groups is 1. The summed E-state index contributed by atoms with van der Waals surface area (Å²) in [6, 6.07) is 4.05. The van der Waals surface area contributed by atoms with Crippen LogP contribution in [0, 0.1) is 5.82 Å². The van der Waals surface area contributed by atoms with Crippen molar-refractivity contribution >= 4 is 29.9 Å². The molecular weight excluding hydrogens is 278 g/mol. The topological polar surface area (TPSA) is 46.3 Å². The molecule has 1 heterocycles. The minimum absolute atomic E-state index is 0. The molecular formula is C12H15Cl2FN2O. The summed E-state index contributed by atoms with van der Waals surface area (Å²) in [7, 11) is 0. The summed E-state index contributed by atoms with van der Waals surface area (Å²) >= 11 is 5.66. The van der Waals surface area contributed by atoms with Gasteiger partial charge < -0.3 is 10.6 Å². The van der Waals surface area contributed by atoms with Crippen molar-refractivity contribution in [2.45, 2.75) is 18.9 Å². The van der Waals surface area contributed by atoms with E-state index >= 15 is 0 Å². The van der Waals surface area contributed by atoms with Crippen molar-refractivity contribution in [1.82, 2.24) is 4.90 Å². The number of carbonyl (C=O) groups excluding carboxylic acids is 1. The molecule has 2 N–H and O–H groups in total. The van der Waals surface area contributed by atoms with Gasteiger partial charge in [-0.1, -0.05) is 11.6 Å². The van der Waals surface area contributed by atoms with Gasteiger partial charge in [-0.05, 0) is 31.0 Å². The lowest BCUT2D eigenvalue weighted by Gasteiger charge is -2.30. The van der Waals surface area contributed by atoms with Crippen LogP contribution in [0.4, 0.5) is 4.39 Å². The predicted octanol–water partition coefficient (Wildman–Crippen LogP) is 2.46. The van der Waals surface area contributed by atoms with Gasteiger partial charge in [0.2, 0.25) is 0 Å². The highest BCUT2D eigenvalue weighted by Crippen LogP contribution is 2.18. The number of hydrogen-bond donors (Lipinski definition) is 1. The quantitative estimate of drug-likeness (QED) is 0.864. The van der Waals surface area contributed by atoms with Crippen molar-refractivity contribution < 1.29 is 9.18 Å². The third-order valence-electron chi connectivity index (χ3n) is 2.91. The average Bonchev–Trinajstić information content (AvgIpc) is 2.32. The van der Waals surface area contributed by atoms with Crippen molar-refractivity contribution in [2.24, 2.45) is 5.73 Å². The number of nitrogens with two attached hydrogens (primary N) is 1. The van der Waals surface area contributed by atoms with E-state index in [0.29, 0.717) is 18.7 Å². The Morgan fingerprint density at radius 1 is 1.50 bits per heavy atom. The molecule has 0 saturated carbocycles. The molecule has 2 rings (SSSR count). The highest BCUT2D eigenvalue weighted by atomic mass is 35.5. The number of nitrogens with zero attached hydrogens (tertiary/aromatic N) is 1. The lowest BCUT2D eigenvalue weighted by molar-refractivity contribution is 0.0709. The molecule has 6 heteroatoms. The van der Waals surface area contributed by atoms with E-state index < -0.39 is 5.82 Å². The molecule has 1 aliphatic rings. The van der Waals surface area contributed by atoms with Crippen LogP contribution in [-0.2, 0) is 0 Å². The summed E-state index contributed by atoms with van der Waals surface area (Å²) in [6.07, 6.45) is 1.84. The molecule has 1 saturated heterocycles. The second kappa shape index (κ2) is 6.36. The van der Waals surface area contributed by atoms with Crippen LogP contribution >= 0.6 is 24.0 Å². The van der Waals surface area contributed by atoms with E-state index in [1.54, 1.807) is 4.90 Å². The van der Waals surface area contributed by atoms with Gasteiger partial charge in [-0.15, -0.1) is 12.4 Å². The van der Waals surface area contributed by atoms with E-state index in [1.165, 1.54) is 18.2 Å². The highest BCUT2D eigenvalue weighted by Gasteiger charge is 2.22. The summed E-state index contributed by atoms with van der Waals surface area (Å²) < 4.78 is 13.0. The van der Waals surface area contributed by atoms with E-state index in [9.17, 15) is 9.18 Å². The Morgan fingerprint density at radius 3 is 2.83 bits per heavy atom. The van der Waals surface area contributed by atoms with Crippen molar-refractivity contribution in [3.8, 4) is 0 Å². The monoisotopic (exact) mass is 292 g/mol. The maximum Gasteiger partial charge on any atom is 0.253 e. The molecule has 0 radical (unpaired) electrons. The van der Waals surface area contributed by atoms with Crippen molar-refractivity contribution in [1.29, 1.82) is 0 Å². The zero-order chi connectivity index (χ0) is 12.4. The van der Waals surface area contributed by atoms with Gasteiger partial charge >= 0.3 is 0 Å². The maximum atomic E-state index is 13.0. The van der Waals surface area contributed by atoms with Crippen LogP contribution < -0.4 is 5.73 Å². The molecule has 1 atom stereocenters. The second-order valence-electron chi connectivity index (χ2n) is 4.28. The van der Waals surface area contributed by atoms with Gasteiger partial charge in [0, 0.05) is 24.7 Å². The van der Waals surface area contributed by atoms with Crippen LogP contribution in [-0.4, -0.2) is 29.9 Å². The summed E-state index contributed by atoms with van der Waals surface area (Å²) in [6.45, 7) is 1.25. The Labute approximate surface area is 116 Å². The molecule has 3 nitrogen and oxygen atoms in total. The Hall–Kier alpha value is -0.840. The highest BCUT2D eigenvalue weighted by molar-refractivity contribution is 6.31. The lowest BCUT2D eigenvalue weighted by atomic mass is 10.1. The fourth-order valence-corrected chi connectivity index (χ4v) is 2.19. The van der Waals surface area contributed by atoms with Crippen molar-refractivity contribution in [2.75, 3.05) is 13.1 Å². The van der Waals surface area contributed by atoms with Crippen LogP contribution in [0.3, 0.4) is 0 Å². The van der Waals surface area contributed by atoms with E-state index in [1.807, 2.05) is 0 Å². The fraction of sp³-hybridized carbons (Fsp3) is 0.417. The van der Waals surface area contributed by atoms with Gasteiger partial charge in [0.15, 0.2) is 0 Å². The molecule has 18 heavy (non-hydrogen) atoms. The molecule has 1 fully saturated rings. The van der Waals surface area contributed by atoms with E-state index in [-0.39, 0.29) is 29.4 Å². The van der Waals surface area contributed by atoms with Gasteiger partial charge in [-0.3, -0.25) is 4.79 Å². The SMILES string of the molecule is Cl.N[C@@H]1CCCN(C(=O)c2ccc(F)c(Cl)c2)C1. The number of halogens is 3. The van der Waals surface area contributed by atoms with Crippen molar-refractivity contribution in [3.05, 3.63) is 34.6 Å². The first-order valence-electron chi connectivity index (χ1n) is 5.58. The van der Waals surface area contributed by atoms with Crippen LogP contribution in [0.5, 0.6) is 0 Å². The van der Waals surface area contributed by atoms with Crippen LogP contribution in [0.15, 0.2) is 18.2 Å². The zero-order valence-corrected chi connectivity index (χ0v) is 11.3.